The number of Topliss-reactive ketones (excluding diaryl/α,β-unsaturated/α-hetero) is 2. The van der Waals surface area contributed by atoms with Gasteiger partial charge in [-0.05, 0) is 30.5 Å². The van der Waals surface area contributed by atoms with Crippen molar-refractivity contribution in [3.05, 3.63) is 63.7 Å². The lowest BCUT2D eigenvalue weighted by Crippen LogP contribution is -2.33. The van der Waals surface area contributed by atoms with Crippen LogP contribution in [0, 0.1) is 17.1 Å². The van der Waals surface area contributed by atoms with Crippen LogP contribution in [0.2, 0.25) is 0 Å². The molecule has 192 valence electrons. The molecule has 3 N–H and O–H groups in total. The first kappa shape index (κ1) is 27.0. The van der Waals surface area contributed by atoms with Crippen LogP contribution in [0.5, 0.6) is 5.75 Å². The summed E-state index contributed by atoms with van der Waals surface area (Å²) in [6.45, 7) is 2.19. The summed E-state index contributed by atoms with van der Waals surface area (Å²) >= 11 is 0. The smallest absolute Gasteiger partial charge is 0.228 e. The first-order chi connectivity index (χ1) is 17.3. The van der Waals surface area contributed by atoms with E-state index in [4.69, 9.17) is 15.2 Å². The number of carbonyl (C=O) groups is 2. The number of hydrogen-bond donors (Lipinski definition) is 2. The molecule has 36 heavy (non-hydrogen) atoms. The Bertz CT molecular complexity index is 1160. The van der Waals surface area contributed by atoms with Crippen molar-refractivity contribution in [1.29, 1.82) is 5.26 Å². The minimum atomic E-state index is -1.16. The number of carbonyl (C=O) groups excluding carboxylic acids is 2. The summed E-state index contributed by atoms with van der Waals surface area (Å²) in [6, 6.07) is 5.83. The number of hydrogen-bond acceptors (Lipinski definition) is 7. The van der Waals surface area contributed by atoms with Gasteiger partial charge >= 0.3 is 0 Å². The normalized spacial score (nSPS) is 17.8. The number of aliphatic hydroxyl groups is 1. The van der Waals surface area contributed by atoms with E-state index in [9.17, 15) is 24.3 Å². The van der Waals surface area contributed by atoms with Crippen molar-refractivity contribution in [2.24, 2.45) is 5.73 Å². The predicted octanol–water partition coefficient (Wildman–Crippen LogP) is 5.78. The molecule has 3 rings (SSSR count). The number of allylic oxidation sites excluding steroid dienone is 3. The molecule has 1 aromatic carbocycles. The molecule has 0 radical (unpaired) electrons. The number of halogens is 1. The standard InChI is InChI=1S/C28H33FN2O5/c1-3-4-5-6-7-8-9-10-11-12-18-24(32)26(34)23-22(17-13-14-21(35-2)20(29)15-17)19(16-30)28(31)36-27(23)25(18)33/h13-15,22,32H,3-12,31H2,1-2H3. The Hall–Kier alpha value is -3.60. The number of rotatable bonds is 12. The minimum Gasteiger partial charge on any atom is -0.504 e. The molecule has 1 aliphatic carbocycles. The summed E-state index contributed by atoms with van der Waals surface area (Å²) in [5.41, 5.74) is 5.77. The van der Waals surface area contributed by atoms with Crippen LogP contribution in [0.1, 0.15) is 82.6 Å². The first-order valence-corrected chi connectivity index (χ1v) is 12.5. The number of benzene rings is 1. The highest BCUT2D eigenvalue weighted by atomic mass is 19.1. The van der Waals surface area contributed by atoms with Gasteiger partial charge in [-0.1, -0.05) is 64.4 Å². The Morgan fingerprint density at radius 1 is 1.08 bits per heavy atom. The number of nitrogens with two attached hydrogens (primary N) is 1. The number of nitrogens with zero attached hydrogens (tertiary/aromatic N) is 1. The third-order valence-electron chi connectivity index (χ3n) is 6.69. The lowest BCUT2D eigenvalue weighted by molar-refractivity contribution is -0.120. The van der Waals surface area contributed by atoms with Gasteiger partial charge in [0.15, 0.2) is 23.1 Å². The number of ketones is 2. The van der Waals surface area contributed by atoms with E-state index in [0.717, 1.165) is 25.3 Å². The summed E-state index contributed by atoms with van der Waals surface area (Å²) in [4.78, 5) is 26.5. The van der Waals surface area contributed by atoms with Crippen LogP contribution < -0.4 is 10.5 Å². The van der Waals surface area contributed by atoms with Crippen molar-refractivity contribution in [3.63, 3.8) is 0 Å². The molecule has 0 fully saturated rings. The lowest BCUT2D eigenvalue weighted by Gasteiger charge is -2.30. The average Bonchev–Trinajstić information content (AvgIpc) is 2.87. The van der Waals surface area contributed by atoms with Gasteiger partial charge in [0, 0.05) is 5.57 Å². The second-order valence-electron chi connectivity index (χ2n) is 9.13. The lowest BCUT2D eigenvalue weighted by atomic mass is 9.76. The van der Waals surface area contributed by atoms with Gasteiger partial charge in [-0.2, -0.15) is 5.26 Å². The molecule has 0 saturated carbocycles. The highest BCUT2D eigenvalue weighted by molar-refractivity contribution is 6.24. The van der Waals surface area contributed by atoms with Crippen LogP contribution in [0.4, 0.5) is 4.39 Å². The number of ether oxygens (including phenoxy) is 2. The van der Waals surface area contributed by atoms with Gasteiger partial charge in [-0.25, -0.2) is 4.39 Å². The van der Waals surface area contributed by atoms with Crippen molar-refractivity contribution in [2.45, 2.75) is 77.0 Å². The van der Waals surface area contributed by atoms with Crippen LogP contribution in [0.15, 0.2) is 52.3 Å². The zero-order chi connectivity index (χ0) is 26.2. The Morgan fingerprint density at radius 2 is 1.72 bits per heavy atom. The number of unbranched alkanes of at least 4 members (excludes halogenated alkanes) is 8. The Kier molecular flexibility index (Phi) is 9.29. The highest BCUT2D eigenvalue weighted by Gasteiger charge is 2.45. The first-order valence-electron chi connectivity index (χ1n) is 12.5. The van der Waals surface area contributed by atoms with Gasteiger partial charge in [-0.3, -0.25) is 9.59 Å². The molecule has 1 aliphatic heterocycles. The van der Waals surface area contributed by atoms with Crippen LogP contribution in [0.25, 0.3) is 0 Å². The third kappa shape index (κ3) is 5.62. The minimum absolute atomic E-state index is 0.0189. The van der Waals surface area contributed by atoms with Crippen LogP contribution >= 0.6 is 0 Å². The van der Waals surface area contributed by atoms with E-state index in [1.807, 2.05) is 6.07 Å². The topological polar surface area (TPSA) is 123 Å². The van der Waals surface area contributed by atoms with Crippen molar-refractivity contribution >= 4 is 11.6 Å². The van der Waals surface area contributed by atoms with Gasteiger partial charge in [0.05, 0.1) is 18.6 Å². The SMILES string of the molecule is CCCCCCCCCCCC1=C(O)C(=O)C2=C(OC(N)=C(C#N)C2c2ccc(OC)c(F)c2)C1=O. The summed E-state index contributed by atoms with van der Waals surface area (Å²) in [5.74, 6) is -4.65. The fourth-order valence-electron chi connectivity index (χ4n) is 4.71. The van der Waals surface area contributed by atoms with E-state index in [0.29, 0.717) is 6.42 Å². The monoisotopic (exact) mass is 496 g/mol. The molecule has 1 atom stereocenters. The van der Waals surface area contributed by atoms with Crippen molar-refractivity contribution < 1.29 is 28.6 Å². The summed E-state index contributed by atoms with van der Waals surface area (Å²) in [7, 11) is 1.31. The second kappa shape index (κ2) is 12.4. The molecule has 1 aromatic rings. The van der Waals surface area contributed by atoms with Crippen LogP contribution in [-0.2, 0) is 14.3 Å². The second-order valence-corrected chi connectivity index (χ2v) is 9.13. The van der Waals surface area contributed by atoms with E-state index in [1.54, 1.807) is 0 Å². The van der Waals surface area contributed by atoms with E-state index < -0.39 is 29.1 Å². The van der Waals surface area contributed by atoms with Crippen molar-refractivity contribution in [3.8, 4) is 11.8 Å². The number of nitriles is 1. The molecular formula is C28H33FN2O5. The molecule has 1 heterocycles. The molecule has 0 saturated heterocycles. The highest BCUT2D eigenvalue weighted by Crippen LogP contribution is 2.44. The largest absolute Gasteiger partial charge is 0.504 e. The molecule has 1 unspecified atom stereocenters. The Balaban J connectivity index is 1.78. The summed E-state index contributed by atoms with van der Waals surface area (Å²) < 4.78 is 24.9. The molecule has 2 aliphatic rings. The maximum atomic E-state index is 14.5. The summed E-state index contributed by atoms with van der Waals surface area (Å²) in [6.07, 6.45) is 9.97. The molecule has 0 bridgehead atoms. The zero-order valence-electron chi connectivity index (χ0n) is 20.9. The van der Waals surface area contributed by atoms with Gasteiger partial charge in [0.25, 0.3) is 0 Å². The van der Waals surface area contributed by atoms with Crippen molar-refractivity contribution in [2.75, 3.05) is 7.11 Å². The van der Waals surface area contributed by atoms with Crippen molar-refractivity contribution in [1.82, 2.24) is 0 Å². The Labute approximate surface area is 211 Å². The van der Waals surface area contributed by atoms with E-state index in [2.05, 4.69) is 6.92 Å². The number of methoxy groups -OCH3 is 1. The number of aliphatic hydroxyl groups excluding tert-OH is 1. The van der Waals surface area contributed by atoms with Crippen LogP contribution in [0.3, 0.4) is 0 Å². The summed E-state index contributed by atoms with van der Waals surface area (Å²) in [5, 5.41) is 20.4. The third-order valence-corrected chi connectivity index (χ3v) is 6.69. The van der Waals surface area contributed by atoms with E-state index in [-0.39, 0.29) is 46.1 Å². The van der Waals surface area contributed by atoms with Crippen LogP contribution in [-0.4, -0.2) is 23.8 Å². The Morgan fingerprint density at radius 3 is 2.31 bits per heavy atom. The van der Waals surface area contributed by atoms with Gasteiger partial charge in [0.2, 0.25) is 17.4 Å². The van der Waals surface area contributed by atoms with Gasteiger partial charge in [-0.15, -0.1) is 0 Å². The average molecular weight is 497 g/mol. The van der Waals surface area contributed by atoms with Gasteiger partial charge < -0.3 is 20.3 Å². The molecule has 0 aromatic heterocycles. The molecule has 8 heteroatoms. The molecule has 0 amide bonds. The maximum absolute atomic E-state index is 14.5. The maximum Gasteiger partial charge on any atom is 0.228 e. The quantitative estimate of drug-likeness (QED) is 0.278. The molecule has 0 spiro atoms. The predicted molar refractivity (Wildman–Crippen MR) is 132 cm³/mol. The zero-order valence-corrected chi connectivity index (χ0v) is 20.9. The molecular weight excluding hydrogens is 463 g/mol. The molecule has 7 nitrogen and oxygen atoms in total. The van der Waals surface area contributed by atoms with E-state index >= 15 is 0 Å². The fraction of sp³-hybridized carbons (Fsp3) is 0.464. The van der Waals surface area contributed by atoms with Gasteiger partial charge in [0.1, 0.15) is 11.6 Å². The van der Waals surface area contributed by atoms with E-state index in [1.165, 1.54) is 51.3 Å². The fourth-order valence-corrected chi connectivity index (χ4v) is 4.71.